The van der Waals surface area contributed by atoms with E-state index in [2.05, 4.69) is 5.10 Å². The van der Waals surface area contributed by atoms with Crippen molar-refractivity contribution in [3.63, 3.8) is 0 Å². The Kier molecular flexibility index (Phi) is 3.53. The summed E-state index contributed by atoms with van der Waals surface area (Å²) < 4.78 is 1.87. The average molecular weight is 284 g/mol. The van der Waals surface area contributed by atoms with Crippen molar-refractivity contribution in [2.45, 2.75) is 45.6 Å². The molecule has 1 heterocycles. The van der Waals surface area contributed by atoms with Crippen LogP contribution in [0, 0.1) is 13.8 Å². The van der Waals surface area contributed by atoms with E-state index < -0.39 is 5.97 Å². The molecular weight excluding hydrogens is 264 g/mol. The molecule has 110 valence electrons. The smallest absolute Gasteiger partial charge is 0.339 e. The number of aromatic nitrogens is 2. The topological polar surface area (TPSA) is 55.1 Å². The van der Waals surface area contributed by atoms with Crippen LogP contribution in [0.1, 0.15) is 53.2 Å². The maximum Gasteiger partial charge on any atom is 0.339 e. The van der Waals surface area contributed by atoms with Crippen molar-refractivity contribution < 1.29 is 9.90 Å². The number of carboxylic acid groups (broad SMARTS) is 1. The Balaban J connectivity index is 2.11. The summed E-state index contributed by atoms with van der Waals surface area (Å²) in [4.78, 5) is 11.6. The van der Waals surface area contributed by atoms with Crippen LogP contribution in [-0.4, -0.2) is 20.9 Å². The normalized spacial score (nSPS) is 15.5. The number of nitrogens with zero attached hydrogens (tertiary/aromatic N) is 2. The molecule has 1 aromatic carbocycles. The first-order chi connectivity index (χ1) is 10.1. The molecule has 0 saturated heterocycles. The Hall–Kier alpha value is -2.10. The highest BCUT2D eigenvalue weighted by molar-refractivity contribution is 5.95. The van der Waals surface area contributed by atoms with Crippen LogP contribution in [0.5, 0.6) is 0 Å². The minimum absolute atomic E-state index is 0.301. The van der Waals surface area contributed by atoms with Crippen molar-refractivity contribution in [3.8, 4) is 11.3 Å². The molecule has 1 saturated carbocycles. The van der Waals surface area contributed by atoms with Gasteiger partial charge >= 0.3 is 5.97 Å². The van der Waals surface area contributed by atoms with E-state index in [1.54, 1.807) is 6.20 Å². The van der Waals surface area contributed by atoms with Gasteiger partial charge in [-0.25, -0.2) is 4.79 Å². The van der Waals surface area contributed by atoms with E-state index in [1.807, 2.05) is 36.7 Å². The van der Waals surface area contributed by atoms with E-state index in [0.717, 1.165) is 29.5 Å². The number of aryl methyl sites for hydroxylation is 2. The number of benzene rings is 1. The zero-order valence-corrected chi connectivity index (χ0v) is 12.5. The SMILES string of the molecule is Cc1ccc(C)c(-c2nn(C3CCCC3)cc2C(=O)O)c1. The zero-order valence-electron chi connectivity index (χ0n) is 12.5. The van der Waals surface area contributed by atoms with Crippen molar-refractivity contribution >= 4 is 5.97 Å². The molecule has 1 fully saturated rings. The molecule has 1 aromatic heterocycles. The van der Waals surface area contributed by atoms with Crippen molar-refractivity contribution in [1.29, 1.82) is 0 Å². The van der Waals surface area contributed by atoms with Gasteiger partial charge in [0.05, 0.1) is 6.04 Å². The molecule has 1 N–H and O–H groups in total. The molecular formula is C17H20N2O2. The predicted octanol–water partition coefficient (Wildman–Crippen LogP) is 3.98. The van der Waals surface area contributed by atoms with E-state index in [4.69, 9.17) is 0 Å². The number of hydrogen-bond donors (Lipinski definition) is 1. The van der Waals surface area contributed by atoms with Gasteiger partial charge in [0, 0.05) is 11.8 Å². The van der Waals surface area contributed by atoms with Gasteiger partial charge in [0.25, 0.3) is 0 Å². The number of hydrogen-bond acceptors (Lipinski definition) is 2. The maximum absolute atomic E-state index is 11.6. The van der Waals surface area contributed by atoms with Gasteiger partial charge in [-0.3, -0.25) is 4.68 Å². The molecule has 0 unspecified atom stereocenters. The van der Waals surface area contributed by atoms with Crippen molar-refractivity contribution in [1.82, 2.24) is 9.78 Å². The first-order valence-corrected chi connectivity index (χ1v) is 7.46. The van der Waals surface area contributed by atoms with E-state index in [1.165, 1.54) is 12.8 Å². The molecule has 0 amide bonds. The minimum Gasteiger partial charge on any atom is -0.478 e. The fourth-order valence-electron chi connectivity index (χ4n) is 3.09. The zero-order chi connectivity index (χ0) is 15.0. The highest BCUT2D eigenvalue weighted by atomic mass is 16.4. The van der Waals surface area contributed by atoms with Crippen molar-refractivity contribution in [3.05, 3.63) is 41.1 Å². The van der Waals surface area contributed by atoms with Crippen LogP contribution in [0.3, 0.4) is 0 Å². The fourth-order valence-corrected chi connectivity index (χ4v) is 3.09. The Morgan fingerprint density at radius 3 is 2.67 bits per heavy atom. The predicted molar refractivity (Wildman–Crippen MR) is 81.6 cm³/mol. The molecule has 21 heavy (non-hydrogen) atoms. The summed E-state index contributed by atoms with van der Waals surface area (Å²) in [6.07, 6.45) is 6.28. The lowest BCUT2D eigenvalue weighted by Gasteiger charge is -2.09. The fraction of sp³-hybridized carbons (Fsp3) is 0.412. The second kappa shape index (κ2) is 5.35. The summed E-state index contributed by atoms with van der Waals surface area (Å²) in [6.45, 7) is 4.01. The van der Waals surface area contributed by atoms with Gasteiger partial charge in [0.1, 0.15) is 11.3 Å². The third kappa shape index (κ3) is 2.58. The molecule has 0 bridgehead atoms. The van der Waals surface area contributed by atoms with Gasteiger partial charge in [-0.05, 0) is 38.3 Å². The summed E-state index contributed by atoms with van der Waals surface area (Å²) in [5.41, 5.74) is 3.98. The van der Waals surface area contributed by atoms with Gasteiger partial charge in [-0.1, -0.05) is 30.5 Å². The number of carboxylic acids is 1. The van der Waals surface area contributed by atoms with Gasteiger partial charge in [-0.2, -0.15) is 5.10 Å². The Labute approximate surface area is 124 Å². The third-order valence-electron chi connectivity index (χ3n) is 4.31. The highest BCUT2D eigenvalue weighted by Crippen LogP contribution is 2.32. The second-order valence-electron chi connectivity index (χ2n) is 5.93. The number of rotatable bonds is 3. The van der Waals surface area contributed by atoms with Crippen LogP contribution in [0.15, 0.2) is 24.4 Å². The van der Waals surface area contributed by atoms with Crippen molar-refractivity contribution in [2.24, 2.45) is 0 Å². The second-order valence-corrected chi connectivity index (χ2v) is 5.93. The molecule has 2 aromatic rings. The molecule has 1 aliphatic carbocycles. The maximum atomic E-state index is 11.6. The van der Waals surface area contributed by atoms with Crippen LogP contribution in [0.2, 0.25) is 0 Å². The Bertz CT molecular complexity index is 682. The van der Waals surface area contributed by atoms with E-state index in [-0.39, 0.29) is 0 Å². The van der Waals surface area contributed by atoms with Crippen LogP contribution < -0.4 is 0 Å². The molecule has 0 spiro atoms. The minimum atomic E-state index is -0.907. The van der Waals surface area contributed by atoms with E-state index in [0.29, 0.717) is 17.3 Å². The van der Waals surface area contributed by atoms with Gasteiger partial charge in [0.2, 0.25) is 0 Å². The molecule has 0 radical (unpaired) electrons. The molecule has 1 aliphatic rings. The molecule has 4 nitrogen and oxygen atoms in total. The largest absolute Gasteiger partial charge is 0.478 e. The summed E-state index contributed by atoms with van der Waals surface area (Å²) in [5, 5.41) is 14.1. The first-order valence-electron chi connectivity index (χ1n) is 7.46. The summed E-state index contributed by atoms with van der Waals surface area (Å²) >= 11 is 0. The molecule has 3 rings (SSSR count). The average Bonchev–Trinajstić information content (AvgIpc) is 3.09. The molecule has 0 aliphatic heterocycles. The third-order valence-corrected chi connectivity index (χ3v) is 4.31. The number of aromatic carboxylic acids is 1. The lowest BCUT2D eigenvalue weighted by molar-refractivity contribution is 0.0697. The Morgan fingerprint density at radius 2 is 2.00 bits per heavy atom. The Morgan fingerprint density at radius 1 is 1.29 bits per heavy atom. The summed E-state index contributed by atoms with van der Waals surface area (Å²) in [7, 11) is 0. The first kappa shape index (κ1) is 13.9. The van der Waals surface area contributed by atoms with E-state index >= 15 is 0 Å². The molecule has 0 atom stereocenters. The molecule has 4 heteroatoms. The van der Waals surface area contributed by atoms with E-state index in [9.17, 15) is 9.90 Å². The summed E-state index contributed by atoms with van der Waals surface area (Å²) in [5.74, 6) is -0.907. The van der Waals surface area contributed by atoms with Gasteiger partial charge < -0.3 is 5.11 Å². The lowest BCUT2D eigenvalue weighted by Crippen LogP contribution is -2.05. The van der Waals surface area contributed by atoms with Crippen molar-refractivity contribution in [2.75, 3.05) is 0 Å². The summed E-state index contributed by atoms with van der Waals surface area (Å²) in [6, 6.07) is 6.42. The highest BCUT2D eigenvalue weighted by Gasteiger charge is 2.23. The van der Waals surface area contributed by atoms with Crippen LogP contribution in [0.4, 0.5) is 0 Å². The van der Waals surface area contributed by atoms with Crippen LogP contribution >= 0.6 is 0 Å². The quantitative estimate of drug-likeness (QED) is 0.927. The monoisotopic (exact) mass is 284 g/mol. The van der Waals surface area contributed by atoms with Crippen LogP contribution in [-0.2, 0) is 0 Å². The van der Waals surface area contributed by atoms with Gasteiger partial charge in [0.15, 0.2) is 0 Å². The van der Waals surface area contributed by atoms with Crippen LogP contribution in [0.25, 0.3) is 11.3 Å². The lowest BCUT2D eigenvalue weighted by atomic mass is 10.0. The van der Waals surface area contributed by atoms with Gasteiger partial charge in [-0.15, -0.1) is 0 Å². The number of carbonyl (C=O) groups is 1. The standard InChI is InChI=1S/C17H20N2O2/c1-11-7-8-12(2)14(9-11)16-15(17(20)21)10-19(18-16)13-5-3-4-6-13/h7-10,13H,3-6H2,1-2H3,(H,20,21).